The highest BCUT2D eigenvalue weighted by Crippen LogP contribution is 2.24. The maximum atomic E-state index is 12.6. The van der Waals surface area contributed by atoms with Gasteiger partial charge in [0.2, 0.25) is 15.9 Å². The Kier molecular flexibility index (Phi) is 5.90. The van der Waals surface area contributed by atoms with Gasteiger partial charge in [-0.1, -0.05) is 28.9 Å². The Morgan fingerprint density at radius 2 is 1.73 bits per heavy atom. The van der Waals surface area contributed by atoms with Gasteiger partial charge in [0, 0.05) is 35.3 Å². The number of anilines is 1. The SMILES string of the molecule is O=C(CNc1cc(-c2ccc(Cl)cc2)no1)c1ccc(S(=O)(=O)N2CCCC2)cc1. The third-order valence-electron chi connectivity index (χ3n) is 4.95. The molecule has 7 nitrogen and oxygen atoms in total. The van der Waals surface area contributed by atoms with Gasteiger partial charge in [-0.05, 0) is 49.2 Å². The van der Waals surface area contributed by atoms with E-state index in [0.29, 0.717) is 35.3 Å². The average molecular weight is 446 g/mol. The van der Waals surface area contributed by atoms with E-state index in [0.717, 1.165) is 18.4 Å². The molecule has 156 valence electrons. The van der Waals surface area contributed by atoms with Crippen LogP contribution in [-0.4, -0.2) is 43.3 Å². The minimum absolute atomic E-state index is 0.00648. The second-order valence-corrected chi connectivity index (χ2v) is 9.37. The van der Waals surface area contributed by atoms with Gasteiger partial charge in [-0.3, -0.25) is 4.79 Å². The number of rotatable bonds is 7. The Morgan fingerprint density at radius 1 is 1.07 bits per heavy atom. The summed E-state index contributed by atoms with van der Waals surface area (Å²) in [5.41, 5.74) is 1.88. The van der Waals surface area contributed by atoms with E-state index in [-0.39, 0.29) is 17.2 Å². The maximum absolute atomic E-state index is 12.6. The van der Waals surface area contributed by atoms with E-state index in [1.54, 1.807) is 18.2 Å². The van der Waals surface area contributed by atoms with Crippen LogP contribution in [-0.2, 0) is 10.0 Å². The van der Waals surface area contributed by atoms with Crippen molar-refractivity contribution in [3.63, 3.8) is 0 Å². The maximum Gasteiger partial charge on any atom is 0.243 e. The molecule has 3 aromatic rings. The molecule has 1 saturated heterocycles. The van der Waals surface area contributed by atoms with Crippen LogP contribution in [0.1, 0.15) is 23.2 Å². The zero-order valence-corrected chi connectivity index (χ0v) is 17.6. The predicted molar refractivity (Wildman–Crippen MR) is 114 cm³/mol. The Balaban J connectivity index is 1.38. The summed E-state index contributed by atoms with van der Waals surface area (Å²) in [6.45, 7) is 1.08. The molecule has 0 saturated carbocycles. The van der Waals surface area contributed by atoms with E-state index in [1.807, 2.05) is 12.1 Å². The summed E-state index contributed by atoms with van der Waals surface area (Å²) in [5, 5.41) is 7.51. The fourth-order valence-electron chi connectivity index (χ4n) is 3.28. The summed E-state index contributed by atoms with van der Waals surface area (Å²) in [6.07, 6.45) is 1.76. The van der Waals surface area contributed by atoms with Crippen molar-refractivity contribution in [1.29, 1.82) is 0 Å². The number of hydrogen-bond acceptors (Lipinski definition) is 6. The topological polar surface area (TPSA) is 92.5 Å². The molecule has 0 aliphatic carbocycles. The summed E-state index contributed by atoms with van der Waals surface area (Å²) in [4.78, 5) is 12.7. The van der Waals surface area contributed by atoms with Crippen LogP contribution in [0.15, 0.2) is 64.0 Å². The van der Waals surface area contributed by atoms with E-state index in [9.17, 15) is 13.2 Å². The van der Waals surface area contributed by atoms with Gasteiger partial charge < -0.3 is 9.84 Å². The molecular weight excluding hydrogens is 426 g/mol. The Labute approximate surface area is 179 Å². The van der Waals surface area contributed by atoms with Gasteiger partial charge in [-0.25, -0.2) is 8.42 Å². The van der Waals surface area contributed by atoms with Crippen molar-refractivity contribution in [1.82, 2.24) is 9.46 Å². The van der Waals surface area contributed by atoms with Gasteiger partial charge in [0.1, 0.15) is 5.69 Å². The Hall–Kier alpha value is -2.68. The second kappa shape index (κ2) is 8.59. The molecule has 1 fully saturated rings. The first-order valence-corrected chi connectivity index (χ1v) is 11.4. The lowest BCUT2D eigenvalue weighted by atomic mass is 10.1. The molecule has 0 radical (unpaired) electrons. The molecule has 30 heavy (non-hydrogen) atoms. The molecule has 1 aliphatic rings. The highest BCUT2D eigenvalue weighted by atomic mass is 35.5. The molecule has 1 aliphatic heterocycles. The molecule has 2 heterocycles. The number of benzene rings is 2. The first kappa shape index (κ1) is 20.6. The summed E-state index contributed by atoms with van der Waals surface area (Å²) in [7, 11) is -3.49. The summed E-state index contributed by atoms with van der Waals surface area (Å²) in [5.74, 6) is 0.172. The molecule has 0 amide bonds. The number of carbonyl (C=O) groups is 1. The largest absolute Gasteiger partial charge is 0.347 e. The van der Waals surface area contributed by atoms with Gasteiger partial charge in [0.05, 0.1) is 11.4 Å². The average Bonchev–Trinajstić information content (AvgIpc) is 3.45. The Morgan fingerprint density at radius 3 is 2.40 bits per heavy atom. The number of nitrogens with one attached hydrogen (secondary N) is 1. The Bertz CT molecular complexity index is 1140. The molecule has 4 rings (SSSR count). The number of hydrogen-bond donors (Lipinski definition) is 1. The van der Waals surface area contributed by atoms with Crippen LogP contribution < -0.4 is 5.32 Å². The molecule has 9 heteroatoms. The highest BCUT2D eigenvalue weighted by Gasteiger charge is 2.27. The van der Waals surface area contributed by atoms with Crippen LogP contribution in [0.2, 0.25) is 5.02 Å². The third-order valence-corrected chi connectivity index (χ3v) is 7.12. The number of nitrogens with zero attached hydrogens (tertiary/aromatic N) is 2. The molecule has 1 aromatic heterocycles. The van der Waals surface area contributed by atoms with Gasteiger partial charge in [-0.2, -0.15) is 4.31 Å². The molecule has 2 aromatic carbocycles. The molecule has 0 spiro atoms. The van der Waals surface area contributed by atoms with Gasteiger partial charge in [0.25, 0.3) is 0 Å². The quantitative estimate of drug-likeness (QED) is 0.551. The standard InChI is InChI=1S/C21H20ClN3O4S/c22-17-7-3-15(4-8-17)19-13-21(29-24-19)23-14-20(26)16-5-9-18(10-6-16)30(27,28)25-11-1-2-12-25/h3-10,13,23H,1-2,11-12,14H2. The lowest BCUT2D eigenvalue weighted by Crippen LogP contribution is -2.27. The molecule has 0 unspecified atom stereocenters. The fourth-order valence-corrected chi connectivity index (χ4v) is 4.92. The van der Waals surface area contributed by atoms with Gasteiger partial charge >= 0.3 is 0 Å². The van der Waals surface area contributed by atoms with Crippen molar-refractivity contribution in [3.8, 4) is 11.3 Å². The first-order chi connectivity index (χ1) is 14.4. The fraction of sp³-hybridized carbons (Fsp3) is 0.238. The van der Waals surface area contributed by atoms with Crippen molar-refractivity contribution in [2.24, 2.45) is 0 Å². The van der Waals surface area contributed by atoms with Crippen LogP contribution in [0.25, 0.3) is 11.3 Å². The van der Waals surface area contributed by atoms with Crippen molar-refractivity contribution in [2.45, 2.75) is 17.7 Å². The number of Topliss-reactive ketones (excluding diaryl/α,β-unsaturated/α-hetero) is 1. The first-order valence-electron chi connectivity index (χ1n) is 9.53. The van der Waals surface area contributed by atoms with Crippen LogP contribution in [0, 0.1) is 0 Å². The number of halogens is 1. The van der Waals surface area contributed by atoms with Gasteiger partial charge in [-0.15, -0.1) is 0 Å². The summed E-state index contributed by atoms with van der Waals surface area (Å²) >= 11 is 5.89. The smallest absolute Gasteiger partial charge is 0.243 e. The van der Waals surface area contributed by atoms with Gasteiger partial charge in [0.15, 0.2) is 5.78 Å². The minimum atomic E-state index is -3.49. The number of ketones is 1. The van der Waals surface area contributed by atoms with E-state index in [1.165, 1.54) is 28.6 Å². The number of carbonyl (C=O) groups excluding carboxylic acids is 1. The predicted octanol–water partition coefficient (Wildman–Crippen LogP) is 4.07. The van der Waals surface area contributed by atoms with Crippen LogP contribution in [0.4, 0.5) is 5.88 Å². The van der Waals surface area contributed by atoms with Crippen LogP contribution >= 0.6 is 11.6 Å². The number of sulfonamides is 1. The van der Waals surface area contributed by atoms with Crippen molar-refractivity contribution in [3.05, 3.63) is 65.2 Å². The molecule has 0 atom stereocenters. The third kappa shape index (κ3) is 4.40. The summed E-state index contributed by atoms with van der Waals surface area (Å²) in [6, 6.07) is 14.9. The normalized spacial score (nSPS) is 14.7. The second-order valence-electron chi connectivity index (χ2n) is 7.00. The summed E-state index contributed by atoms with van der Waals surface area (Å²) < 4.78 is 31.8. The minimum Gasteiger partial charge on any atom is -0.347 e. The molecule has 0 bridgehead atoms. The zero-order chi connectivity index (χ0) is 21.1. The zero-order valence-electron chi connectivity index (χ0n) is 16.0. The lowest BCUT2D eigenvalue weighted by Gasteiger charge is -2.15. The molecular formula is C21H20ClN3O4S. The van der Waals surface area contributed by atoms with E-state index in [2.05, 4.69) is 10.5 Å². The molecule has 1 N–H and O–H groups in total. The highest BCUT2D eigenvalue weighted by molar-refractivity contribution is 7.89. The van der Waals surface area contributed by atoms with Crippen molar-refractivity contribution < 1.29 is 17.7 Å². The van der Waals surface area contributed by atoms with Crippen LogP contribution in [0.5, 0.6) is 0 Å². The van der Waals surface area contributed by atoms with Crippen LogP contribution in [0.3, 0.4) is 0 Å². The van der Waals surface area contributed by atoms with Crippen molar-refractivity contribution in [2.75, 3.05) is 25.0 Å². The van der Waals surface area contributed by atoms with E-state index >= 15 is 0 Å². The van der Waals surface area contributed by atoms with Crippen molar-refractivity contribution >= 4 is 33.3 Å². The number of aromatic nitrogens is 1. The van der Waals surface area contributed by atoms with E-state index < -0.39 is 10.0 Å². The monoisotopic (exact) mass is 445 g/mol. The van der Waals surface area contributed by atoms with E-state index in [4.69, 9.17) is 16.1 Å². The lowest BCUT2D eigenvalue weighted by molar-refractivity contribution is 0.100.